The Hall–Kier alpha value is -4.71. The molecule has 254 valence electrons. The van der Waals surface area contributed by atoms with E-state index in [-0.39, 0.29) is 29.0 Å². The molecule has 0 bridgehead atoms. The summed E-state index contributed by atoms with van der Waals surface area (Å²) in [6.45, 7) is 3.18. The molecular formula is C36H43N5O6S. The van der Waals surface area contributed by atoms with Gasteiger partial charge in [0.2, 0.25) is 23.0 Å². The molecule has 1 heterocycles. The van der Waals surface area contributed by atoms with Crippen LogP contribution in [-0.4, -0.2) is 60.7 Å². The standard InChI is InChI=1S/C36H43N5O6S/c1-20(36(44)40-28(16-17-48-7)35-39-26-10-8-9-11-29(26)41(35)3)37-27-15-13-23-24(19-30(27)43)25(38-21(2)42)14-12-22-18-31(45-4)33(46-5)34(47-6)32(22)23/h8-11,13,15,18-20,25,28H,12,14,16-17H2,1-7H3,(H,37,43)(H,38,42)(H,40,44)/t20-,25-,28-/m0/s1. The molecular weight excluding hydrogens is 630 g/mol. The van der Waals surface area contributed by atoms with Gasteiger partial charge in [-0.25, -0.2) is 4.98 Å². The molecule has 0 fully saturated rings. The van der Waals surface area contributed by atoms with Gasteiger partial charge >= 0.3 is 0 Å². The van der Waals surface area contributed by atoms with Crippen LogP contribution in [-0.2, 0) is 23.1 Å². The molecule has 0 saturated carbocycles. The molecule has 3 aromatic carbocycles. The van der Waals surface area contributed by atoms with Crippen molar-refractivity contribution in [2.45, 2.75) is 51.2 Å². The lowest BCUT2D eigenvalue weighted by Gasteiger charge is -2.21. The van der Waals surface area contributed by atoms with Gasteiger partial charge in [0.25, 0.3) is 0 Å². The lowest BCUT2D eigenvalue weighted by Crippen LogP contribution is -2.41. The second-order valence-electron chi connectivity index (χ2n) is 11.8. The highest BCUT2D eigenvalue weighted by Gasteiger charge is 2.30. The molecule has 3 N–H and O–H groups in total. The van der Waals surface area contributed by atoms with Gasteiger partial charge < -0.3 is 34.7 Å². The van der Waals surface area contributed by atoms with Crippen molar-refractivity contribution in [3.8, 4) is 28.4 Å². The monoisotopic (exact) mass is 673 g/mol. The Morgan fingerprint density at radius 1 is 1.06 bits per heavy atom. The molecule has 0 spiro atoms. The van der Waals surface area contributed by atoms with Crippen LogP contribution in [0.3, 0.4) is 0 Å². The van der Waals surface area contributed by atoms with Crippen molar-refractivity contribution in [1.82, 2.24) is 20.2 Å². The first-order valence-corrected chi connectivity index (χ1v) is 17.3. The number of para-hydroxylation sites is 2. The third-order valence-electron chi connectivity index (χ3n) is 8.74. The van der Waals surface area contributed by atoms with Crippen LogP contribution in [0.1, 0.15) is 55.7 Å². The quantitative estimate of drug-likeness (QED) is 0.187. The number of hydrogen-bond donors (Lipinski definition) is 3. The number of nitrogens with zero attached hydrogens (tertiary/aromatic N) is 2. The first-order valence-electron chi connectivity index (χ1n) is 15.9. The predicted octanol–water partition coefficient (Wildman–Crippen LogP) is 5.16. The first-order chi connectivity index (χ1) is 23.1. The minimum atomic E-state index is -0.747. The highest BCUT2D eigenvalue weighted by atomic mass is 32.2. The van der Waals surface area contributed by atoms with Gasteiger partial charge in [0.05, 0.1) is 50.1 Å². The van der Waals surface area contributed by atoms with Crippen molar-refractivity contribution in [2.75, 3.05) is 38.7 Å². The first kappa shape index (κ1) is 34.6. The van der Waals surface area contributed by atoms with E-state index in [4.69, 9.17) is 19.2 Å². The fourth-order valence-corrected chi connectivity index (χ4v) is 6.87. The van der Waals surface area contributed by atoms with Crippen LogP contribution in [0.25, 0.3) is 22.2 Å². The van der Waals surface area contributed by atoms with Crippen molar-refractivity contribution in [3.05, 3.63) is 75.7 Å². The highest BCUT2D eigenvalue weighted by molar-refractivity contribution is 7.98. The number of imidazole rings is 1. The van der Waals surface area contributed by atoms with E-state index < -0.39 is 12.1 Å². The molecule has 1 aromatic heterocycles. The van der Waals surface area contributed by atoms with Crippen molar-refractivity contribution in [1.29, 1.82) is 0 Å². The molecule has 3 atom stereocenters. The molecule has 1 aliphatic rings. The summed E-state index contributed by atoms with van der Waals surface area (Å²) in [7, 11) is 6.62. The number of hydrogen-bond acceptors (Lipinski definition) is 9. The van der Waals surface area contributed by atoms with Crippen LogP contribution in [0.4, 0.5) is 5.69 Å². The number of ether oxygens (including phenoxy) is 3. The van der Waals surface area contributed by atoms with Gasteiger partial charge in [0, 0.05) is 19.5 Å². The summed E-state index contributed by atoms with van der Waals surface area (Å²) in [5.74, 6) is 2.55. The Morgan fingerprint density at radius 2 is 1.81 bits per heavy atom. The second kappa shape index (κ2) is 15.0. The lowest BCUT2D eigenvalue weighted by molar-refractivity contribution is -0.122. The third kappa shape index (κ3) is 6.94. The molecule has 48 heavy (non-hydrogen) atoms. The van der Waals surface area contributed by atoms with E-state index in [9.17, 15) is 14.4 Å². The molecule has 11 nitrogen and oxygen atoms in total. The zero-order valence-electron chi connectivity index (χ0n) is 28.4. The molecule has 0 aliphatic heterocycles. The Bertz CT molecular complexity index is 1890. The van der Waals surface area contributed by atoms with Crippen molar-refractivity contribution in [3.63, 3.8) is 0 Å². The normalized spacial score (nSPS) is 14.9. The van der Waals surface area contributed by atoms with Gasteiger partial charge in [0.1, 0.15) is 11.9 Å². The van der Waals surface area contributed by atoms with Crippen LogP contribution in [0.15, 0.2) is 53.3 Å². The average molecular weight is 674 g/mol. The van der Waals surface area contributed by atoms with E-state index >= 15 is 0 Å². The van der Waals surface area contributed by atoms with Crippen LogP contribution in [0.5, 0.6) is 17.2 Å². The van der Waals surface area contributed by atoms with E-state index in [1.54, 1.807) is 46.1 Å². The fourth-order valence-electron chi connectivity index (χ4n) is 6.40. The van der Waals surface area contributed by atoms with Crippen LogP contribution >= 0.6 is 11.8 Å². The maximum atomic E-state index is 13.8. The smallest absolute Gasteiger partial charge is 0.242 e. The number of carbonyl (C=O) groups excluding carboxylic acids is 2. The van der Waals surface area contributed by atoms with Crippen molar-refractivity contribution < 1.29 is 23.8 Å². The Kier molecular flexibility index (Phi) is 10.8. The molecule has 0 saturated heterocycles. The fraction of sp³-hybridized carbons (Fsp3) is 0.389. The zero-order valence-corrected chi connectivity index (χ0v) is 29.2. The highest BCUT2D eigenvalue weighted by Crippen LogP contribution is 2.50. The van der Waals surface area contributed by atoms with Gasteiger partial charge in [-0.05, 0) is 85.2 Å². The van der Waals surface area contributed by atoms with Crippen LogP contribution < -0.4 is 35.6 Å². The van der Waals surface area contributed by atoms with Crippen LogP contribution in [0.2, 0.25) is 0 Å². The van der Waals surface area contributed by atoms with E-state index in [1.807, 2.05) is 54.3 Å². The van der Waals surface area contributed by atoms with Gasteiger partial charge in [-0.15, -0.1) is 0 Å². The summed E-state index contributed by atoms with van der Waals surface area (Å²) in [4.78, 5) is 44.6. The number of amides is 2. The molecule has 1 aliphatic carbocycles. The maximum absolute atomic E-state index is 13.8. The summed E-state index contributed by atoms with van der Waals surface area (Å²) >= 11 is 1.70. The summed E-state index contributed by atoms with van der Waals surface area (Å²) < 4.78 is 19.2. The van der Waals surface area contributed by atoms with Gasteiger partial charge in [-0.3, -0.25) is 14.4 Å². The molecule has 12 heteroatoms. The SMILES string of the molecule is COc1cc2c(c(OC)c1OC)-c1ccc(N[C@@H](C)C(=O)N[C@@H](CCSC)c3nc4ccccc4n3C)c(=O)cc1[C@@H](NC(C)=O)CC2. The number of rotatable bonds is 12. The second-order valence-corrected chi connectivity index (χ2v) is 12.8. The average Bonchev–Trinajstić information content (AvgIpc) is 3.23. The van der Waals surface area contributed by atoms with Crippen LogP contribution in [0, 0.1) is 0 Å². The minimum Gasteiger partial charge on any atom is -0.493 e. The number of fused-ring (bicyclic) bond motifs is 4. The Balaban J connectivity index is 1.51. The molecule has 2 amide bonds. The third-order valence-corrected chi connectivity index (χ3v) is 9.39. The molecule has 5 rings (SSSR count). The number of thioether (sulfide) groups is 1. The topological polar surface area (TPSA) is 133 Å². The number of aromatic nitrogens is 2. The summed E-state index contributed by atoms with van der Waals surface area (Å²) in [6, 6.07) is 13.3. The molecule has 4 aromatic rings. The van der Waals surface area contributed by atoms with Crippen molar-refractivity contribution >= 4 is 40.3 Å². The molecule has 0 unspecified atom stereocenters. The predicted molar refractivity (Wildman–Crippen MR) is 190 cm³/mol. The van der Waals surface area contributed by atoms with Gasteiger partial charge in [-0.2, -0.15) is 11.8 Å². The largest absolute Gasteiger partial charge is 0.493 e. The van der Waals surface area contributed by atoms with Gasteiger partial charge in [0.15, 0.2) is 11.5 Å². The van der Waals surface area contributed by atoms with E-state index in [2.05, 4.69) is 16.0 Å². The Morgan fingerprint density at radius 3 is 2.48 bits per heavy atom. The number of aryl methyl sites for hydroxylation is 2. The zero-order chi connectivity index (χ0) is 34.5. The number of methoxy groups -OCH3 is 3. The molecule has 0 radical (unpaired) electrons. The van der Waals surface area contributed by atoms with Gasteiger partial charge in [-0.1, -0.05) is 18.2 Å². The minimum absolute atomic E-state index is 0.210. The number of anilines is 1. The number of nitrogens with one attached hydrogen (secondary N) is 3. The lowest BCUT2D eigenvalue weighted by atomic mass is 9.95. The summed E-state index contributed by atoms with van der Waals surface area (Å²) in [5.41, 5.74) is 4.82. The summed E-state index contributed by atoms with van der Waals surface area (Å²) in [5, 5.41) is 9.34. The number of carbonyl (C=O) groups is 2. The number of benzene rings is 2. The maximum Gasteiger partial charge on any atom is 0.242 e. The van der Waals surface area contributed by atoms with E-state index in [0.29, 0.717) is 47.6 Å². The van der Waals surface area contributed by atoms with Crippen molar-refractivity contribution in [2.24, 2.45) is 7.05 Å². The van der Waals surface area contributed by atoms with E-state index in [0.717, 1.165) is 33.7 Å². The van der Waals surface area contributed by atoms with E-state index in [1.165, 1.54) is 13.0 Å². The summed E-state index contributed by atoms with van der Waals surface area (Å²) in [6.07, 6.45) is 3.86. The Labute approximate surface area is 284 Å².